The van der Waals surface area contributed by atoms with E-state index in [2.05, 4.69) is 10.4 Å². The molecule has 30 heavy (non-hydrogen) atoms. The lowest BCUT2D eigenvalue weighted by molar-refractivity contribution is -0.131. The number of benzene rings is 1. The summed E-state index contributed by atoms with van der Waals surface area (Å²) in [6, 6.07) is 5.11. The molecule has 3 rings (SSSR count). The van der Waals surface area contributed by atoms with Crippen LogP contribution in [0.15, 0.2) is 23.3 Å². The number of likely N-dealkylation sites (tertiary alicyclic amines) is 1. The molecule has 0 radical (unpaired) electrons. The predicted octanol–water partition coefficient (Wildman–Crippen LogP) is 2.91. The van der Waals surface area contributed by atoms with Gasteiger partial charge >= 0.3 is 0 Å². The van der Waals surface area contributed by atoms with Crippen molar-refractivity contribution in [2.75, 3.05) is 32.6 Å². The number of amides is 3. The molecule has 0 saturated carbocycles. The van der Waals surface area contributed by atoms with Crippen LogP contribution in [0.5, 0.6) is 5.75 Å². The van der Waals surface area contributed by atoms with Gasteiger partial charge in [-0.05, 0) is 43.4 Å². The molecule has 1 aromatic carbocycles. The molecule has 1 fully saturated rings. The van der Waals surface area contributed by atoms with Crippen LogP contribution in [0.2, 0.25) is 5.02 Å². The van der Waals surface area contributed by atoms with Crippen LogP contribution in [0.4, 0.5) is 5.69 Å². The molecule has 3 amide bonds. The van der Waals surface area contributed by atoms with Gasteiger partial charge in [0, 0.05) is 45.1 Å². The Labute approximate surface area is 181 Å². The Hall–Kier alpha value is -2.61. The van der Waals surface area contributed by atoms with E-state index in [0.717, 1.165) is 12.8 Å². The summed E-state index contributed by atoms with van der Waals surface area (Å²) in [4.78, 5) is 38.5. The molecular formula is C21H27ClN4O4. The smallest absolute Gasteiger partial charge is 0.270 e. The lowest BCUT2D eigenvalue weighted by atomic mass is 9.92. The van der Waals surface area contributed by atoms with Crippen molar-refractivity contribution in [2.24, 2.45) is 11.0 Å². The minimum atomic E-state index is -0.101. The summed E-state index contributed by atoms with van der Waals surface area (Å²) in [6.45, 7) is 1.29. The van der Waals surface area contributed by atoms with E-state index >= 15 is 0 Å². The average Bonchev–Trinajstić information content (AvgIpc) is 2.74. The minimum absolute atomic E-state index is 0.0766. The number of anilines is 1. The van der Waals surface area contributed by atoms with Crippen LogP contribution in [0, 0.1) is 5.92 Å². The monoisotopic (exact) mass is 434 g/mol. The fourth-order valence-electron chi connectivity index (χ4n) is 3.79. The van der Waals surface area contributed by atoms with Crippen LogP contribution in [0.1, 0.15) is 38.5 Å². The first-order chi connectivity index (χ1) is 14.4. The SMILES string of the molecule is COc1ccc(NC(=O)CC[C@H]2CCCN(C(=O)C3=NN(C)C(=O)CC3)C2)cc1Cl. The van der Waals surface area contributed by atoms with Crippen molar-refractivity contribution < 1.29 is 19.1 Å². The highest BCUT2D eigenvalue weighted by atomic mass is 35.5. The Morgan fingerprint density at radius 1 is 1.33 bits per heavy atom. The number of carbonyl (C=O) groups excluding carboxylic acids is 3. The van der Waals surface area contributed by atoms with E-state index in [1.165, 1.54) is 12.1 Å². The first kappa shape index (κ1) is 22.1. The lowest BCUT2D eigenvalue weighted by Crippen LogP contribution is -2.45. The number of halogens is 1. The molecule has 2 heterocycles. The van der Waals surface area contributed by atoms with Gasteiger partial charge in [0.05, 0.1) is 12.1 Å². The van der Waals surface area contributed by atoms with Crippen LogP contribution in [-0.4, -0.2) is 60.6 Å². The summed E-state index contributed by atoms with van der Waals surface area (Å²) < 4.78 is 5.11. The molecular weight excluding hydrogens is 408 g/mol. The van der Waals surface area contributed by atoms with Crippen LogP contribution in [-0.2, 0) is 14.4 Å². The topological polar surface area (TPSA) is 91.3 Å². The highest BCUT2D eigenvalue weighted by Gasteiger charge is 2.29. The predicted molar refractivity (Wildman–Crippen MR) is 115 cm³/mol. The number of ether oxygens (including phenoxy) is 1. The highest BCUT2D eigenvalue weighted by Crippen LogP contribution is 2.28. The van der Waals surface area contributed by atoms with Gasteiger partial charge in [0.15, 0.2) is 0 Å². The van der Waals surface area contributed by atoms with Gasteiger partial charge in [-0.3, -0.25) is 14.4 Å². The molecule has 0 aliphatic carbocycles. The van der Waals surface area contributed by atoms with Crippen molar-refractivity contribution in [2.45, 2.75) is 38.5 Å². The lowest BCUT2D eigenvalue weighted by Gasteiger charge is -2.33. The molecule has 0 spiro atoms. The van der Waals surface area contributed by atoms with Crippen LogP contribution in [0.25, 0.3) is 0 Å². The molecule has 1 N–H and O–H groups in total. The Kier molecular flexibility index (Phi) is 7.31. The second-order valence-corrected chi connectivity index (χ2v) is 8.07. The molecule has 0 unspecified atom stereocenters. The van der Waals surface area contributed by atoms with Gasteiger partial charge < -0.3 is 15.0 Å². The van der Waals surface area contributed by atoms with E-state index in [9.17, 15) is 14.4 Å². The van der Waals surface area contributed by atoms with Crippen LogP contribution in [0.3, 0.4) is 0 Å². The van der Waals surface area contributed by atoms with Gasteiger partial charge in [-0.1, -0.05) is 11.6 Å². The summed E-state index contributed by atoms with van der Waals surface area (Å²) in [5.74, 6) is 0.552. The fraction of sp³-hybridized carbons (Fsp3) is 0.524. The zero-order valence-electron chi connectivity index (χ0n) is 17.3. The number of methoxy groups -OCH3 is 1. The second kappa shape index (κ2) is 9.93. The van der Waals surface area contributed by atoms with Crippen molar-refractivity contribution >= 4 is 40.7 Å². The van der Waals surface area contributed by atoms with Crippen molar-refractivity contribution in [1.29, 1.82) is 0 Å². The number of carbonyl (C=O) groups is 3. The first-order valence-corrected chi connectivity index (χ1v) is 10.5. The third kappa shape index (κ3) is 5.50. The number of nitrogens with one attached hydrogen (secondary N) is 1. The van der Waals surface area contributed by atoms with E-state index in [4.69, 9.17) is 16.3 Å². The average molecular weight is 435 g/mol. The number of nitrogens with zero attached hydrogens (tertiary/aromatic N) is 3. The fourth-order valence-corrected chi connectivity index (χ4v) is 4.05. The summed E-state index contributed by atoms with van der Waals surface area (Å²) in [6.07, 6.45) is 3.65. The Balaban J connectivity index is 1.49. The zero-order valence-corrected chi connectivity index (χ0v) is 18.1. The van der Waals surface area contributed by atoms with Crippen molar-refractivity contribution in [1.82, 2.24) is 9.91 Å². The number of hydrazone groups is 1. The number of hydrogen-bond donors (Lipinski definition) is 1. The van der Waals surface area contributed by atoms with Crippen LogP contribution < -0.4 is 10.1 Å². The van der Waals surface area contributed by atoms with Gasteiger partial charge in [-0.25, -0.2) is 5.01 Å². The molecule has 2 aliphatic rings. The van der Waals surface area contributed by atoms with Gasteiger partial charge in [-0.15, -0.1) is 0 Å². The molecule has 1 saturated heterocycles. The standard InChI is InChI=1S/C21H27ClN4O4/c1-25-20(28)10-7-17(24-25)21(29)26-11-3-4-14(13-26)5-9-19(27)23-15-6-8-18(30-2)16(22)12-15/h6,8,12,14H,3-5,7,9-11,13H2,1-2H3,(H,23,27)/t14-/m1/s1. The van der Waals surface area contributed by atoms with Gasteiger partial charge in [0.2, 0.25) is 11.8 Å². The Morgan fingerprint density at radius 2 is 2.13 bits per heavy atom. The van der Waals surface area contributed by atoms with Gasteiger partial charge in [0.1, 0.15) is 11.5 Å². The van der Waals surface area contributed by atoms with E-state index in [1.807, 2.05) is 0 Å². The zero-order chi connectivity index (χ0) is 21.7. The maximum absolute atomic E-state index is 12.8. The molecule has 1 atom stereocenters. The van der Waals surface area contributed by atoms with E-state index in [-0.39, 0.29) is 23.6 Å². The maximum atomic E-state index is 12.8. The molecule has 0 bridgehead atoms. The minimum Gasteiger partial charge on any atom is -0.495 e. The van der Waals surface area contributed by atoms with E-state index in [0.29, 0.717) is 60.9 Å². The summed E-state index contributed by atoms with van der Waals surface area (Å²) in [5.41, 5.74) is 1.06. The van der Waals surface area contributed by atoms with E-state index < -0.39 is 0 Å². The molecule has 162 valence electrons. The third-order valence-electron chi connectivity index (χ3n) is 5.48. The Morgan fingerprint density at radius 3 is 2.83 bits per heavy atom. The third-order valence-corrected chi connectivity index (χ3v) is 5.77. The largest absolute Gasteiger partial charge is 0.495 e. The van der Waals surface area contributed by atoms with Gasteiger partial charge in [0.25, 0.3) is 5.91 Å². The number of rotatable bonds is 6. The van der Waals surface area contributed by atoms with Gasteiger partial charge in [-0.2, -0.15) is 5.10 Å². The molecule has 1 aromatic rings. The summed E-state index contributed by atoms with van der Waals surface area (Å²) >= 11 is 6.09. The highest BCUT2D eigenvalue weighted by molar-refractivity contribution is 6.39. The number of hydrogen-bond acceptors (Lipinski definition) is 5. The first-order valence-electron chi connectivity index (χ1n) is 10.1. The Bertz CT molecular complexity index is 857. The summed E-state index contributed by atoms with van der Waals surface area (Å²) in [5, 5.41) is 8.67. The normalized spacial score (nSPS) is 19.4. The summed E-state index contributed by atoms with van der Waals surface area (Å²) in [7, 11) is 3.11. The molecule has 8 nitrogen and oxygen atoms in total. The number of piperidine rings is 1. The van der Waals surface area contributed by atoms with Crippen molar-refractivity contribution in [3.8, 4) is 5.75 Å². The maximum Gasteiger partial charge on any atom is 0.270 e. The van der Waals surface area contributed by atoms with Crippen molar-refractivity contribution in [3.05, 3.63) is 23.2 Å². The second-order valence-electron chi connectivity index (χ2n) is 7.66. The van der Waals surface area contributed by atoms with Crippen molar-refractivity contribution in [3.63, 3.8) is 0 Å². The van der Waals surface area contributed by atoms with Crippen LogP contribution >= 0.6 is 11.6 Å². The quantitative estimate of drug-likeness (QED) is 0.745. The van der Waals surface area contributed by atoms with E-state index in [1.54, 1.807) is 30.1 Å². The molecule has 9 heteroatoms. The molecule has 2 aliphatic heterocycles. The molecule has 0 aromatic heterocycles.